The molecule has 18 heavy (non-hydrogen) atoms. The quantitative estimate of drug-likeness (QED) is 0.793. The van der Waals surface area contributed by atoms with Crippen molar-refractivity contribution >= 4 is 33.3 Å². The molecular weight excluding hydrogens is 324 g/mol. The van der Waals surface area contributed by atoms with Crippen LogP contribution in [0.5, 0.6) is 0 Å². The molecule has 100 valence electrons. The van der Waals surface area contributed by atoms with Crippen molar-refractivity contribution in [1.29, 1.82) is 0 Å². The van der Waals surface area contributed by atoms with Crippen molar-refractivity contribution in [3.8, 4) is 0 Å². The van der Waals surface area contributed by atoms with Gasteiger partial charge in [0.25, 0.3) is 0 Å². The van der Waals surface area contributed by atoms with Gasteiger partial charge in [-0.15, -0.1) is 10.2 Å². The maximum atomic E-state index is 11.4. The van der Waals surface area contributed by atoms with E-state index in [-0.39, 0.29) is 6.03 Å². The van der Waals surface area contributed by atoms with Gasteiger partial charge in [-0.1, -0.05) is 27.3 Å². The van der Waals surface area contributed by atoms with Gasteiger partial charge in [0.2, 0.25) is 0 Å². The molecule has 0 spiro atoms. The lowest BCUT2D eigenvalue weighted by atomic mass is 10.3. The predicted octanol–water partition coefficient (Wildman–Crippen LogP) is 0.776. The summed E-state index contributed by atoms with van der Waals surface area (Å²) < 4.78 is 10.8. The summed E-state index contributed by atoms with van der Waals surface area (Å²) in [6.07, 6.45) is -0.515. The first-order chi connectivity index (χ1) is 8.74. The van der Waals surface area contributed by atoms with E-state index in [1.54, 1.807) is 7.05 Å². The number of carbonyl (C=O) groups is 1. The van der Waals surface area contributed by atoms with Crippen LogP contribution in [0.25, 0.3) is 0 Å². The van der Waals surface area contributed by atoms with Gasteiger partial charge >= 0.3 is 6.03 Å². The molecule has 0 bridgehead atoms. The number of halogens is 1. The molecule has 0 radical (unpaired) electrons. The van der Waals surface area contributed by atoms with Crippen LogP contribution >= 0.6 is 27.3 Å². The van der Waals surface area contributed by atoms with Crippen LogP contribution in [0.15, 0.2) is 0 Å². The Labute approximate surface area is 116 Å². The van der Waals surface area contributed by atoms with E-state index in [4.69, 9.17) is 9.47 Å². The lowest BCUT2D eigenvalue weighted by Crippen LogP contribution is -2.41. The molecule has 1 saturated heterocycles. The molecule has 0 saturated carbocycles. The second kappa shape index (κ2) is 6.41. The third-order valence-electron chi connectivity index (χ3n) is 2.30. The first kappa shape index (κ1) is 13.7. The van der Waals surface area contributed by atoms with E-state index in [1.807, 2.05) is 0 Å². The first-order valence-electron chi connectivity index (χ1n) is 5.34. The van der Waals surface area contributed by atoms with Gasteiger partial charge in [0.15, 0.2) is 6.29 Å². The fourth-order valence-electron chi connectivity index (χ4n) is 1.47. The van der Waals surface area contributed by atoms with Crippen LogP contribution in [0.2, 0.25) is 0 Å². The molecule has 0 aliphatic carbocycles. The fourth-order valence-corrected chi connectivity index (χ4v) is 2.69. The molecule has 1 aromatic heterocycles. The first-order valence-corrected chi connectivity index (χ1v) is 7.28. The Balaban J connectivity index is 2.14. The summed E-state index contributed by atoms with van der Waals surface area (Å²) in [4.78, 5) is 11.4. The van der Waals surface area contributed by atoms with Crippen LogP contribution in [0.1, 0.15) is 16.1 Å². The van der Waals surface area contributed by atoms with Crippen LogP contribution in [0, 0.1) is 0 Å². The zero-order valence-corrected chi connectivity index (χ0v) is 12.1. The molecule has 9 heteroatoms. The van der Waals surface area contributed by atoms with E-state index in [0.29, 0.717) is 23.6 Å². The van der Waals surface area contributed by atoms with Crippen molar-refractivity contribution < 1.29 is 14.3 Å². The van der Waals surface area contributed by atoms with Gasteiger partial charge in [-0.05, 0) is 0 Å². The lowest BCUT2D eigenvalue weighted by Gasteiger charge is -2.20. The van der Waals surface area contributed by atoms with Crippen LogP contribution < -0.4 is 10.6 Å². The van der Waals surface area contributed by atoms with E-state index in [1.165, 1.54) is 11.3 Å². The van der Waals surface area contributed by atoms with E-state index < -0.39 is 12.3 Å². The molecule has 2 rings (SSSR count). The van der Waals surface area contributed by atoms with Crippen molar-refractivity contribution in [3.05, 3.63) is 10.0 Å². The summed E-state index contributed by atoms with van der Waals surface area (Å²) in [5.41, 5.74) is 0. The Hall–Kier alpha value is -0.770. The molecule has 1 aliphatic heterocycles. The third kappa shape index (κ3) is 3.16. The molecule has 2 heterocycles. The lowest BCUT2D eigenvalue weighted by molar-refractivity contribution is -0.0658. The molecule has 0 aromatic carbocycles. The zero-order chi connectivity index (χ0) is 13.0. The Morgan fingerprint density at radius 1 is 1.56 bits per heavy atom. The van der Waals surface area contributed by atoms with Crippen molar-refractivity contribution in [1.82, 2.24) is 20.8 Å². The molecule has 1 atom stereocenters. The minimum absolute atomic E-state index is 0.310. The molecular formula is C9H13BrN4O3S. The topological polar surface area (TPSA) is 85.4 Å². The number of ether oxygens (including phenoxy) is 2. The van der Waals surface area contributed by atoms with Crippen molar-refractivity contribution in [2.75, 3.05) is 20.3 Å². The van der Waals surface area contributed by atoms with Gasteiger partial charge in [-0.25, -0.2) is 4.79 Å². The largest absolute Gasteiger partial charge is 0.348 e. The van der Waals surface area contributed by atoms with Gasteiger partial charge in [0.05, 0.1) is 18.5 Å². The average Bonchev–Trinajstić information content (AvgIpc) is 3.06. The molecule has 1 fully saturated rings. The summed E-state index contributed by atoms with van der Waals surface area (Å²) in [5, 5.41) is 15.4. The number of nitrogens with zero attached hydrogens (tertiary/aromatic N) is 2. The summed E-state index contributed by atoms with van der Waals surface area (Å²) >= 11 is 4.72. The highest BCUT2D eigenvalue weighted by Gasteiger charge is 2.32. The molecule has 1 aromatic rings. The van der Waals surface area contributed by atoms with E-state index in [0.717, 1.165) is 5.01 Å². The molecule has 1 unspecified atom stereocenters. The minimum Gasteiger partial charge on any atom is -0.348 e. The SMILES string of the molecule is CNC(=O)NC(c1nnc(CBr)s1)C1OCCO1. The normalized spacial score (nSPS) is 17.7. The summed E-state index contributed by atoms with van der Waals surface area (Å²) in [6.45, 7) is 1.03. The van der Waals surface area contributed by atoms with E-state index >= 15 is 0 Å². The number of nitrogens with one attached hydrogen (secondary N) is 2. The van der Waals surface area contributed by atoms with Gasteiger partial charge in [-0.3, -0.25) is 0 Å². The summed E-state index contributed by atoms with van der Waals surface area (Å²) in [5.74, 6) is 0. The minimum atomic E-state index is -0.515. The van der Waals surface area contributed by atoms with Gasteiger partial charge < -0.3 is 20.1 Å². The maximum absolute atomic E-state index is 11.4. The van der Waals surface area contributed by atoms with Crippen LogP contribution in [0.3, 0.4) is 0 Å². The molecule has 1 aliphatic rings. The summed E-state index contributed by atoms with van der Waals surface area (Å²) in [7, 11) is 1.55. The Morgan fingerprint density at radius 2 is 2.28 bits per heavy atom. The summed E-state index contributed by atoms with van der Waals surface area (Å²) in [6, 6.07) is -0.757. The van der Waals surface area contributed by atoms with Crippen molar-refractivity contribution in [3.63, 3.8) is 0 Å². The number of aromatic nitrogens is 2. The number of hydrogen-bond acceptors (Lipinski definition) is 6. The number of urea groups is 1. The monoisotopic (exact) mass is 336 g/mol. The van der Waals surface area contributed by atoms with Crippen LogP contribution in [0.4, 0.5) is 4.79 Å². The van der Waals surface area contributed by atoms with Crippen LogP contribution in [-0.4, -0.2) is 42.8 Å². The Kier molecular flexibility index (Phi) is 4.87. The van der Waals surface area contributed by atoms with Crippen molar-refractivity contribution in [2.24, 2.45) is 0 Å². The second-order valence-corrected chi connectivity index (χ2v) is 5.13. The number of hydrogen-bond donors (Lipinski definition) is 2. The van der Waals surface area contributed by atoms with Crippen LogP contribution in [-0.2, 0) is 14.8 Å². The smallest absolute Gasteiger partial charge is 0.315 e. The Bertz CT molecular complexity index is 410. The number of carbonyl (C=O) groups excluding carboxylic acids is 1. The second-order valence-electron chi connectivity index (χ2n) is 3.48. The Morgan fingerprint density at radius 3 is 2.83 bits per heavy atom. The predicted molar refractivity (Wildman–Crippen MR) is 68.6 cm³/mol. The molecule has 2 amide bonds. The van der Waals surface area contributed by atoms with Crippen molar-refractivity contribution in [2.45, 2.75) is 17.7 Å². The zero-order valence-electron chi connectivity index (χ0n) is 9.68. The highest BCUT2D eigenvalue weighted by atomic mass is 79.9. The number of amides is 2. The fraction of sp³-hybridized carbons (Fsp3) is 0.667. The van der Waals surface area contributed by atoms with E-state index in [9.17, 15) is 4.79 Å². The molecule has 7 nitrogen and oxygen atoms in total. The standard InChI is InChI=1S/C9H13BrN4O3S/c1-11-9(15)12-6(8-16-2-3-17-8)7-14-13-5(4-10)18-7/h6,8H,2-4H2,1H3,(H2,11,12,15). The third-order valence-corrected chi connectivity index (χ3v) is 4.20. The average molecular weight is 337 g/mol. The highest BCUT2D eigenvalue weighted by Crippen LogP contribution is 2.26. The van der Waals surface area contributed by atoms with Gasteiger partial charge in [0.1, 0.15) is 16.1 Å². The maximum Gasteiger partial charge on any atom is 0.315 e. The van der Waals surface area contributed by atoms with Gasteiger partial charge in [0, 0.05) is 7.05 Å². The van der Waals surface area contributed by atoms with Gasteiger partial charge in [-0.2, -0.15) is 0 Å². The number of alkyl halides is 1. The van der Waals surface area contributed by atoms with E-state index in [2.05, 4.69) is 36.8 Å². The number of rotatable bonds is 4. The molecule has 2 N–H and O–H groups in total. The highest BCUT2D eigenvalue weighted by molar-refractivity contribution is 9.08.